The molecule has 0 saturated heterocycles. The Kier molecular flexibility index (Phi) is 6.52. The molecule has 1 heterocycles. The molecule has 0 aromatic carbocycles. The molecular weight excluding hydrogens is 244 g/mol. The van der Waals surface area contributed by atoms with Gasteiger partial charge < -0.3 is 15.4 Å². The van der Waals surface area contributed by atoms with Crippen molar-refractivity contribution >= 4 is 0 Å². The van der Waals surface area contributed by atoms with Crippen LogP contribution in [0, 0.1) is 0 Å². The summed E-state index contributed by atoms with van der Waals surface area (Å²) in [6.45, 7) is 9.79. The Labute approximate surface area is 114 Å². The summed E-state index contributed by atoms with van der Waals surface area (Å²) in [6, 6.07) is 1.39. The van der Waals surface area contributed by atoms with E-state index in [0.29, 0.717) is 18.9 Å². The van der Waals surface area contributed by atoms with Gasteiger partial charge in [-0.05, 0) is 20.0 Å². The van der Waals surface area contributed by atoms with Gasteiger partial charge in [0.2, 0.25) is 0 Å². The molecular formula is C13H24N4O2. The lowest BCUT2D eigenvalue weighted by Gasteiger charge is -2.18. The molecule has 0 spiro atoms. The van der Waals surface area contributed by atoms with E-state index in [1.807, 2.05) is 6.92 Å². The lowest BCUT2D eigenvalue weighted by molar-refractivity contribution is 0.277. The molecule has 0 saturated carbocycles. The van der Waals surface area contributed by atoms with Crippen molar-refractivity contribution in [1.29, 1.82) is 0 Å². The molecule has 0 fully saturated rings. The number of hydrogen-bond acceptors (Lipinski definition) is 5. The Bertz CT molecular complexity index is 427. The average Bonchev–Trinajstić information content (AvgIpc) is 2.39. The molecule has 1 aromatic heterocycles. The van der Waals surface area contributed by atoms with Crippen molar-refractivity contribution in [3.8, 4) is 5.75 Å². The molecule has 0 aliphatic heterocycles. The van der Waals surface area contributed by atoms with Gasteiger partial charge in [0.15, 0.2) is 0 Å². The smallest absolute Gasteiger partial charge is 0.270 e. The van der Waals surface area contributed by atoms with Crippen LogP contribution in [0.3, 0.4) is 0 Å². The van der Waals surface area contributed by atoms with Gasteiger partial charge in [-0.25, -0.2) is 4.68 Å². The monoisotopic (exact) mass is 268 g/mol. The summed E-state index contributed by atoms with van der Waals surface area (Å²) in [5, 5.41) is 4.11. The maximum Gasteiger partial charge on any atom is 0.270 e. The van der Waals surface area contributed by atoms with Crippen LogP contribution in [0.25, 0.3) is 0 Å². The molecule has 1 atom stereocenters. The summed E-state index contributed by atoms with van der Waals surface area (Å²) in [5.74, 6) is 0.474. The Morgan fingerprint density at radius 3 is 2.68 bits per heavy atom. The number of hydrogen-bond donors (Lipinski definition) is 1. The van der Waals surface area contributed by atoms with E-state index in [0.717, 1.165) is 19.6 Å². The number of aromatic nitrogens is 2. The van der Waals surface area contributed by atoms with E-state index in [1.54, 1.807) is 6.20 Å². The molecule has 108 valence electrons. The van der Waals surface area contributed by atoms with E-state index in [-0.39, 0.29) is 11.6 Å². The third-order valence-electron chi connectivity index (χ3n) is 2.88. The molecule has 0 aliphatic carbocycles. The van der Waals surface area contributed by atoms with Gasteiger partial charge in [-0.1, -0.05) is 13.8 Å². The zero-order valence-electron chi connectivity index (χ0n) is 12.0. The SMILES string of the molecule is CCN(CC)CCn1ncc(OCC(C)N)cc1=O. The maximum atomic E-state index is 11.8. The van der Waals surface area contributed by atoms with Crippen LogP contribution in [0.4, 0.5) is 0 Å². The fourth-order valence-corrected chi connectivity index (χ4v) is 1.67. The van der Waals surface area contributed by atoms with Gasteiger partial charge in [0, 0.05) is 18.7 Å². The third kappa shape index (κ3) is 5.40. The number of nitrogens with two attached hydrogens (primary N) is 1. The topological polar surface area (TPSA) is 73.4 Å². The molecule has 0 bridgehead atoms. The lowest BCUT2D eigenvalue weighted by Crippen LogP contribution is -2.32. The van der Waals surface area contributed by atoms with E-state index in [1.165, 1.54) is 10.7 Å². The predicted molar refractivity (Wildman–Crippen MR) is 75.4 cm³/mol. The summed E-state index contributed by atoms with van der Waals surface area (Å²) in [7, 11) is 0. The van der Waals surface area contributed by atoms with Crippen LogP contribution >= 0.6 is 0 Å². The molecule has 1 rings (SSSR count). The second kappa shape index (κ2) is 7.91. The predicted octanol–water partition coefficient (Wildman–Crippen LogP) is 0.311. The van der Waals surface area contributed by atoms with Crippen LogP contribution in [0.15, 0.2) is 17.1 Å². The van der Waals surface area contributed by atoms with Crippen LogP contribution in [0.2, 0.25) is 0 Å². The minimum atomic E-state index is -0.144. The highest BCUT2D eigenvalue weighted by atomic mass is 16.5. The van der Waals surface area contributed by atoms with E-state index >= 15 is 0 Å². The second-order valence-corrected chi connectivity index (χ2v) is 4.57. The Morgan fingerprint density at radius 2 is 2.16 bits per heavy atom. The highest BCUT2D eigenvalue weighted by Gasteiger charge is 2.04. The van der Waals surface area contributed by atoms with Gasteiger partial charge >= 0.3 is 0 Å². The fourth-order valence-electron chi connectivity index (χ4n) is 1.67. The Morgan fingerprint density at radius 1 is 1.47 bits per heavy atom. The number of likely N-dealkylation sites (N-methyl/N-ethyl adjacent to an activating group) is 1. The number of rotatable bonds is 8. The normalized spacial score (nSPS) is 12.7. The zero-order valence-corrected chi connectivity index (χ0v) is 12.0. The van der Waals surface area contributed by atoms with Gasteiger partial charge in [-0.2, -0.15) is 5.10 Å². The van der Waals surface area contributed by atoms with Gasteiger partial charge in [-0.3, -0.25) is 4.79 Å². The first-order valence-corrected chi connectivity index (χ1v) is 6.74. The first kappa shape index (κ1) is 15.7. The first-order chi connectivity index (χ1) is 9.06. The summed E-state index contributed by atoms with van der Waals surface area (Å²) < 4.78 is 6.82. The highest BCUT2D eigenvalue weighted by molar-refractivity contribution is 5.13. The summed E-state index contributed by atoms with van der Waals surface area (Å²) >= 11 is 0. The van der Waals surface area contributed by atoms with Crippen LogP contribution in [-0.2, 0) is 6.54 Å². The van der Waals surface area contributed by atoms with Crippen molar-refractivity contribution in [2.45, 2.75) is 33.4 Å². The largest absolute Gasteiger partial charge is 0.490 e. The first-order valence-electron chi connectivity index (χ1n) is 6.74. The standard InChI is InChI=1S/C13H24N4O2/c1-4-16(5-2)6-7-17-13(18)8-12(9-15-17)19-10-11(3)14/h8-9,11H,4-7,10,14H2,1-3H3. The molecule has 19 heavy (non-hydrogen) atoms. The van der Waals surface area contributed by atoms with Gasteiger partial charge in [0.25, 0.3) is 5.56 Å². The maximum absolute atomic E-state index is 11.8. The van der Waals surface area contributed by atoms with Crippen molar-refractivity contribution in [1.82, 2.24) is 14.7 Å². The van der Waals surface area contributed by atoms with Gasteiger partial charge in [0.05, 0.1) is 12.7 Å². The van der Waals surface area contributed by atoms with E-state index in [2.05, 4.69) is 23.8 Å². The molecule has 0 radical (unpaired) electrons. The molecule has 0 aliphatic rings. The summed E-state index contributed by atoms with van der Waals surface area (Å²) in [6.07, 6.45) is 1.56. The van der Waals surface area contributed by atoms with Crippen molar-refractivity contribution in [3.05, 3.63) is 22.6 Å². The van der Waals surface area contributed by atoms with Gasteiger partial charge in [-0.15, -0.1) is 0 Å². The fraction of sp³-hybridized carbons (Fsp3) is 0.692. The van der Waals surface area contributed by atoms with Crippen LogP contribution in [0.1, 0.15) is 20.8 Å². The van der Waals surface area contributed by atoms with E-state index in [9.17, 15) is 4.79 Å². The number of nitrogens with zero attached hydrogens (tertiary/aromatic N) is 3. The minimum Gasteiger partial charge on any atom is -0.490 e. The molecule has 2 N–H and O–H groups in total. The summed E-state index contributed by atoms with van der Waals surface area (Å²) in [4.78, 5) is 14.1. The molecule has 6 heteroatoms. The quantitative estimate of drug-likeness (QED) is 0.734. The van der Waals surface area contributed by atoms with Gasteiger partial charge in [0.1, 0.15) is 12.4 Å². The van der Waals surface area contributed by atoms with E-state index < -0.39 is 0 Å². The third-order valence-corrected chi connectivity index (χ3v) is 2.88. The van der Waals surface area contributed by atoms with Crippen molar-refractivity contribution in [2.24, 2.45) is 5.73 Å². The van der Waals surface area contributed by atoms with Crippen molar-refractivity contribution in [3.63, 3.8) is 0 Å². The Hall–Kier alpha value is -1.40. The highest BCUT2D eigenvalue weighted by Crippen LogP contribution is 2.03. The van der Waals surface area contributed by atoms with Crippen LogP contribution in [0.5, 0.6) is 5.75 Å². The average molecular weight is 268 g/mol. The zero-order chi connectivity index (χ0) is 14.3. The molecule has 6 nitrogen and oxygen atoms in total. The molecule has 1 unspecified atom stereocenters. The minimum absolute atomic E-state index is 0.0647. The summed E-state index contributed by atoms with van der Waals surface area (Å²) in [5.41, 5.74) is 5.44. The lowest BCUT2D eigenvalue weighted by atomic mass is 10.4. The van der Waals surface area contributed by atoms with Crippen molar-refractivity contribution in [2.75, 3.05) is 26.2 Å². The molecule has 1 aromatic rings. The van der Waals surface area contributed by atoms with E-state index in [4.69, 9.17) is 10.5 Å². The second-order valence-electron chi connectivity index (χ2n) is 4.57. The van der Waals surface area contributed by atoms with Crippen LogP contribution < -0.4 is 16.0 Å². The van der Waals surface area contributed by atoms with Crippen molar-refractivity contribution < 1.29 is 4.74 Å². The molecule has 0 amide bonds. The van der Waals surface area contributed by atoms with Crippen LogP contribution in [-0.4, -0.2) is 47.0 Å². The number of ether oxygens (including phenoxy) is 1. The Balaban J connectivity index is 2.59.